The van der Waals surface area contributed by atoms with Crippen LogP contribution in [0.4, 0.5) is 0 Å². The van der Waals surface area contributed by atoms with E-state index in [2.05, 4.69) is 179 Å². The molecular formula is C73H116O6. The highest BCUT2D eigenvalue weighted by Crippen LogP contribution is 2.14. The van der Waals surface area contributed by atoms with E-state index in [0.29, 0.717) is 25.7 Å². The number of unbranched alkanes of at least 4 members (excludes halogenated alkanes) is 19. The van der Waals surface area contributed by atoms with E-state index in [1.165, 1.54) is 77.0 Å². The molecular weight excluding hydrogens is 973 g/mol. The first-order chi connectivity index (χ1) is 39.0. The lowest BCUT2D eigenvalue weighted by Crippen LogP contribution is -2.30. The maximum absolute atomic E-state index is 12.9. The minimum absolute atomic E-state index is 0.105. The zero-order valence-electron chi connectivity index (χ0n) is 50.8. The quantitative estimate of drug-likeness (QED) is 0.0261. The number of hydrogen-bond acceptors (Lipinski definition) is 6. The molecule has 6 nitrogen and oxygen atoms in total. The molecule has 0 spiro atoms. The van der Waals surface area contributed by atoms with Gasteiger partial charge < -0.3 is 14.2 Å². The summed E-state index contributed by atoms with van der Waals surface area (Å²) in [4.78, 5) is 38.2. The molecule has 0 N–H and O–H groups in total. The average Bonchev–Trinajstić information content (AvgIpc) is 3.45. The molecule has 0 saturated carbocycles. The summed E-state index contributed by atoms with van der Waals surface area (Å²) >= 11 is 0. The summed E-state index contributed by atoms with van der Waals surface area (Å²) in [7, 11) is 0. The number of carbonyl (C=O) groups is 3. The Labute approximate surface area is 486 Å². The molecule has 0 rings (SSSR count). The van der Waals surface area contributed by atoms with Crippen LogP contribution in [-0.2, 0) is 28.6 Å². The minimum Gasteiger partial charge on any atom is -0.462 e. The molecule has 444 valence electrons. The van der Waals surface area contributed by atoms with E-state index in [1.54, 1.807) is 0 Å². The van der Waals surface area contributed by atoms with Gasteiger partial charge in [0.1, 0.15) is 13.2 Å². The molecule has 0 aliphatic heterocycles. The fourth-order valence-corrected chi connectivity index (χ4v) is 8.19. The third kappa shape index (κ3) is 63.7. The van der Waals surface area contributed by atoms with Gasteiger partial charge in [0.2, 0.25) is 0 Å². The summed E-state index contributed by atoms with van der Waals surface area (Å²) in [6.07, 6.45) is 95.4. The first kappa shape index (κ1) is 74.0. The maximum Gasteiger partial charge on any atom is 0.306 e. The third-order valence-electron chi connectivity index (χ3n) is 13.0. The second-order valence-electron chi connectivity index (χ2n) is 20.6. The number of hydrogen-bond donors (Lipinski definition) is 0. The second-order valence-corrected chi connectivity index (χ2v) is 20.6. The van der Waals surface area contributed by atoms with E-state index < -0.39 is 6.10 Å². The van der Waals surface area contributed by atoms with Crippen molar-refractivity contribution < 1.29 is 28.6 Å². The molecule has 0 bridgehead atoms. The van der Waals surface area contributed by atoms with Crippen LogP contribution in [0.5, 0.6) is 0 Å². The van der Waals surface area contributed by atoms with Gasteiger partial charge in [-0.25, -0.2) is 0 Å². The molecule has 0 aromatic rings. The molecule has 0 aliphatic rings. The van der Waals surface area contributed by atoms with E-state index in [1.807, 2.05) is 0 Å². The van der Waals surface area contributed by atoms with Crippen LogP contribution in [-0.4, -0.2) is 37.2 Å². The third-order valence-corrected chi connectivity index (χ3v) is 13.0. The normalized spacial score (nSPS) is 13.2. The van der Waals surface area contributed by atoms with Gasteiger partial charge in [0.15, 0.2) is 6.10 Å². The van der Waals surface area contributed by atoms with Gasteiger partial charge in [0, 0.05) is 19.3 Å². The standard InChI is InChI=1S/C73H116O6/c1-4-7-10-13-16-19-22-24-26-28-29-30-31-32-33-34-35-36-37-38-39-40-41-42-43-45-46-48-51-54-57-60-63-66-72(75)78-69-70(68-77-71(74)65-62-59-56-53-50-21-18-15-12-9-6-3)79-73(76)67-64-61-58-55-52-49-47-44-27-25-23-20-17-14-11-8-5-2/h7,10,15-20,24-27,29-30,32-33,35-36,38-39,41-42,45-46,51,54,70H,4-6,8-9,11-14,21-23,28,31,34,37,40,43-44,47-50,52-53,55-69H2,1-3H3/b10-7-,18-15-,19-16-,20-17-,26-24-,27-25-,30-29-,33-32-,36-35-,39-38-,42-41-,46-45-,54-51-. The van der Waals surface area contributed by atoms with Crippen molar-refractivity contribution >= 4 is 17.9 Å². The zero-order chi connectivity index (χ0) is 57.1. The topological polar surface area (TPSA) is 78.9 Å². The Hall–Kier alpha value is -4.97. The monoisotopic (exact) mass is 1090 g/mol. The van der Waals surface area contributed by atoms with Crippen LogP contribution < -0.4 is 0 Å². The summed E-state index contributed by atoms with van der Waals surface area (Å²) in [5.74, 6) is -0.972. The van der Waals surface area contributed by atoms with E-state index in [9.17, 15) is 14.4 Å². The number of rotatable bonds is 56. The molecule has 1 unspecified atom stereocenters. The van der Waals surface area contributed by atoms with E-state index in [0.717, 1.165) is 141 Å². The fourth-order valence-electron chi connectivity index (χ4n) is 8.19. The van der Waals surface area contributed by atoms with Crippen molar-refractivity contribution in [1.82, 2.24) is 0 Å². The van der Waals surface area contributed by atoms with Crippen LogP contribution in [0, 0.1) is 0 Å². The molecule has 6 heteroatoms. The molecule has 0 amide bonds. The van der Waals surface area contributed by atoms with Crippen molar-refractivity contribution in [2.45, 2.75) is 271 Å². The summed E-state index contributed by atoms with van der Waals surface area (Å²) in [5, 5.41) is 0. The van der Waals surface area contributed by atoms with Crippen LogP contribution in [0.2, 0.25) is 0 Å². The van der Waals surface area contributed by atoms with Crippen molar-refractivity contribution in [2.24, 2.45) is 0 Å². The van der Waals surface area contributed by atoms with Gasteiger partial charge in [-0.2, -0.15) is 0 Å². The molecule has 0 heterocycles. The summed E-state index contributed by atoms with van der Waals surface area (Å²) in [5.41, 5.74) is 0. The number of allylic oxidation sites excluding steroid dienone is 26. The van der Waals surface area contributed by atoms with E-state index >= 15 is 0 Å². The first-order valence-corrected chi connectivity index (χ1v) is 32.0. The summed E-state index contributed by atoms with van der Waals surface area (Å²) in [6, 6.07) is 0. The van der Waals surface area contributed by atoms with Crippen LogP contribution in [0.15, 0.2) is 158 Å². The zero-order valence-corrected chi connectivity index (χ0v) is 50.8. The molecule has 0 radical (unpaired) electrons. The maximum atomic E-state index is 12.9. The lowest BCUT2D eigenvalue weighted by Gasteiger charge is -2.18. The van der Waals surface area contributed by atoms with Gasteiger partial charge in [-0.05, 0) is 148 Å². The highest BCUT2D eigenvalue weighted by molar-refractivity contribution is 5.71. The average molecular weight is 1090 g/mol. The number of carbonyl (C=O) groups excluding carboxylic acids is 3. The summed E-state index contributed by atoms with van der Waals surface area (Å²) in [6.45, 7) is 6.40. The highest BCUT2D eigenvalue weighted by atomic mass is 16.6. The first-order valence-electron chi connectivity index (χ1n) is 32.0. The number of ether oxygens (including phenoxy) is 3. The largest absolute Gasteiger partial charge is 0.462 e. The Morgan fingerprint density at radius 3 is 0.848 bits per heavy atom. The highest BCUT2D eigenvalue weighted by Gasteiger charge is 2.19. The van der Waals surface area contributed by atoms with Gasteiger partial charge in [0.25, 0.3) is 0 Å². The fraction of sp³-hybridized carbons (Fsp3) is 0.603. The van der Waals surface area contributed by atoms with Gasteiger partial charge in [0.05, 0.1) is 0 Å². The predicted molar refractivity (Wildman–Crippen MR) is 343 cm³/mol. The molecule has 0 aromatic carbocycles. The molecule has 0 aromatic heterocycles. The van der Waals surface area contributed by atoms with E-state index in [4.69, 9.17) is 14.2 Å². The Morgan fingerprint density at radius 1 is 0.266 bits per heavy atom. The summed E-state index contributed by atoms with van der Waals surface area (Å²) < 4.78 is 16.8. The second kappa shape index (κ2) is 65.5. The Bertz CT molecular complexity index is 1780. The van der Waals surface area contributed by atoms with Gasteiger partial charge in [-0.3, -0.25) is 14.4 Å². The SMILES string of the molecule is CC/C=C\C/C=C\C/C=C\C/C=C\C/C=C\C/C=C\C/C=C\C/C=C\C/C=C\C/C=C\CCCCC(=O)OCC(COC(=O)CCCCCCC/C=C\CCCC)OC(=O)CCCCCCCCC/C=C\C/C=C\CCCCC. The predicted octanol–water partition coefficient (Wildman–Crippen LogP) is 22.1. The Morgan fingerprint density at radius 2 is 0.506 bits per heavy atom. The van der Waals surface area contributed by atoms with Crippen LogP contribution in [0.1, 0.15) is 265 Å². The smallest absolute Gasteiger partial charge is 0.306 e. The van der Waals surface area contributed by atoms with Crippen LogP contribution in [0.25, 0.3) is 0 Å². The minimum atomic E-state index is -0.811. The molecule has 1 atom stereocenters. The lowest BCUT2D eigenvalue weighted by molar-refractivity contribution is -0.167. The van der Waals surface area contributed by atoms with Crippen LogP contribution >= 0.6 is 0 Å². The number of esters is 3. The van der Waals surface area contributed by atoms with Crippen molar-refractivity contribution in [3.8, 4) is 0 Å². The van der Waals surface area contributed by atoms with Crippen molar-refractivity contribution in [3.63, 3.8) is 0 Å². The van der Waals surface area contributed by atoms with Crippen LogP contribution in [0.3, 0.4) is 0 Å². The Kier molecular flexibility index (Phi) is 61.4. The molecule has 0 fully saturated rings. The van der Waals surface area contributed by atoms with Gasteiger partial charge in [-0.1, -0.05) is 256 Å². The molecule has 0 aliphatic carbocycles. The van der Waals surface area contributed by atoms with Crippen molar-refractivity contribution in [3.05, 3.63) is 158 Å². The Balaban J connectivity index is 4.38. The van der Waals surface area contributed by atoms with Crippen molar-refractivity contribution in [1.29, 1.82) is 0 Å². The van der Waals surface area contributed by atoms with Gasteiger partial charge >= 0.3 is 17.9 Å². The van der Waals surface area contributed by atoms with Crippen molar-refractivity contribution in [2.75, 3.05) is 13.2 Å². The lowest BCUT2D eigenvalue weighted by atomic mass is 10.1. The van der Waals surface area contributed by atoms with E-state index in [-0.39, 0.29) is 31.1 Å². The molecule has 0 saturated heterocycles. The molecule has 79 heavy (non-hydrogen) atoms. The van der Waals surface area contributed by atoms with Gasteiger partial charge in [-0.15, -0.1) is 0 Å².